The van der Waals surface area contributed by atoms with Gasteiger partial charge in [-0.3, -0.25) is 0 Å². The molecule has 0 spiro atoms. The van der Waals surface area contributed by atoms with E-state index in [-0.39, 0.29) is 6.10 Å². The fourth-order valence-electron chi connectivity index (χ4n) is 1.49. The van der Waals surface area contributed by atoms with Gasteiger partial charge < -0.3 is 9.47 Å². The van der Waals surface area contributed by atoms with Crippen LogP contribution < -0.4 is 9.47 Å². The first-order chi connectivity index (χ1) is 6.79. The lowest BCUT2D eigenvalue weighted by Gasteiger charge is -2.26. The van der Waals surface area contributed by atoms with Crippen LogP contribution in [0.4, 0.5) is 0 Å². The van der Waals surface area contributed by atoms with Gasteiger partial charge in [0.25, 0.3) is 0 Å². The Hall–Kier alpha value is -0.700. The number of benzene rings is 1. The molecule has 1 atom stereocenters. The second kappa shape index (κ2) is 4.22. The minimum Gasteiger partial charge on any atom is -0.486 e. The minimum absolute atomic E-state index is 0.184. The summed E-state index contributed by atoms with van der Waals surface area (Å²) in [5.74, 6) is 1.74. The van der Waals surface area contributed by atoms with Crippen LogP contribution in [0.5, 0.6) is 11.5 Å². The third-order valence-corrected chi connectivity index (χ3v) is 2.71. The van der Waals surface area contributed by atoms with E-state index in [4.69, 9.17) is 9.47 Å². The highest BCUT2D eigenvalue weighted by atomic mass is 79.9. The highest BCUT2D eigenvalue weighted by Crippen LogP contribution is 2.32. The van der Waals surface area contributed by atoms with Crippen molar-refractivity contribution < 1.29 is 9.47 Å². The maximum Gasteiger partial charge on any atom is 0.162 e. The van der Waals surface area contributed by atoms with Crippen LogP contribution in [0.2, 0.25) is 0 Å². The fraction of sp³-hybridized carbons (Fsp3) is 0.455. The monoisotopic (exact) mass is 256 g/mol. The van der Waals surface area contributed by atoms with Gasteiger partial charge in [0, 0.05) is 5.33 Å². The lowest BCUT2D eigenvalue weighted by molar-refractivity contribution is 0.0894. The molecule has 0 N–H and O–H groups in total. The number of ether oxygens (including phenoxy) is 2. The minimum atomic E-state index is 0.184. The molecule has 0 aromatic heterocycles. The summed E-state index contributed by atoms with van der Waals surface area (Å²) >= 11 is 3.40. The van der Waals surface area contributed by atoms with Gasteiger partial charge in [-0.2, -0.15) is 0 Å². The number of hydrogen-bond acceptors (Lipinski definition) is 2. The Bertz CT molecular complexity index is 325. The van der Waals surface area contributed by atoms with Crippen LogP contribution in [0.1, 0.15) is 12.0 Å². The van der Waals surface area contributed by atoms with E-state index in [2.05, 4.69) is 22.9 Å². The van der Waals surface area contributed by atoms with Crippen LogP contribution in [0.25, 0.3) is 0 Å². The van der Waals surface area contributed by atoms with Crippen molar-refractivity contribution in [1.82, 2.24) is 0 Å². The first-order valence-electron chi connectivity index (χ1n) is 4.75. The number of rotatable bonds is 2. The number of hydrogen-bond donors (Lipinski definition) is 0. The summed E-state index contributed by atoms with van der Waals surface area (Å²) in [5, 5.41) is 0.947. The molecule has 0 amide bonds. The second-order valence-corrected chi connectivity index (χ2v) is 4.27. The summed E-state index contributed by atoms with van der Waals surface area (Å²) in [7, 11) is 0. The van der Waals surface area contributed by atoms with Crippen molar-refractivity contribution in [2.75, 3.05) is 11.9 Å². The van der Waals surface area contributed by atoms with E-state index in [1.807, 2.05) is 18.2 Å². The number of halogens is 1. The second-order valence-electron chi connectivity index (χ2n) is 3.48. The van der Waals surface area contributed by atoms with E-state index in [1.54, 1.807) is 0 Å². The Balaban J connectivity index is 2.16. The molecule has 0 radical (unpaired) electrons. The Labute approximate surface area is 92.3 Å². The molecular formula is C11H13BrO2. The normalized spacial score (nSPS) is 19.4. The Morgan fingerprint density at radius 1 is 1.43 bits per heavy atom. The SMILES string of the molecule is Cc1ccc2c(c1)O[C@H](CCBr)CO2. The van der Waals surface area contributed by atoms with E-state index in [9.17, 15) is 0 Å². The maximum atomic E-state index is 5.80. The Morgan fingerprint density at radius 2 is 2.29 bits per heavy atom. The van der Waals surface area contributed by atoms with Crippen LogP contribution in [0, 0.1) is 6.92 Å². The maximum absolute atomic E-state index is 5.80. The molecule has 0 bridgehead atoms. The molecule has 14 heavy (non-hydrogen) atoms. The first kappa shape index (κ1) is 9.84. The van der Waals surface area contributed by atoms with Crippen molar-refractivity contribution in [2.24, 2.45) is 0 Å². The zero-order valence-corrected chi connectivity index (χ0v) is 9.71. The Morgan fingerprint density at radius 3 is 3.07 bits per heavy atom. The van der Waals surface area contributed by atoms with Crippen molar-refractivity contribution in [2.45, 2.75) is 19.4 Å². The van der Waals surface area contributed by atoms with Crippen molar-refractivity contribution in [3.05, 3.63) is 23.8 Å². The molecule has 2 rings (SSSR count). The highest BCUT2D eigenvalue weighted by molar-refractivity contribution is 9.09. The molecule has 0 unspecified atom stereocenters. The molecule has 1 aromatic rings. The van der Waals surface area contributed by atoms with Crippen LogP contribution in [0.15, 0.2) is 18.2 Å². The van der Waals surface area contributed by atoms with Crippen molar-refractivity contribution >= 4 is 15.9 Å². The largest absolute Gasteiger partial charge is 0.486 e. The molecule has 76 valence electrons. The fourth-order valence-corrected chi connectivity index (χ4v) is 2.00. The summed E-state index contributed by atoms with van der Waals surface area (Å²) in [6.07, 6.45) is 1.16. The van der Waals surface area contributed by atoms with Gasteiger partial charge in [0.05, 0.1) is 0 Å². The molecule has 1 aliphatic heterocycles. The highest BCUT2D eigenvalue weighted by Gasteiger charge is 2.19. The number of alkyl halides is 1. The van der Waals surface area contributed by atoms with E-state index >= 15 is 0 Å². The third kappa shape index (κ3) is 2.03. The quantitative estimate of drug-likeness (QED) is 0.758. The average molecular weight is 257 g/mol. The molecule has 2 nitrogen and oxygen atoms in total. The molecule has 3 heteroatoms. The Kier molecular flexibility index (Phi) is 2.96. The van der Waals surface area contributed by atoms with E-state index < -0.39 is 0 Å². The van der Waals surface area contributed by atoms with Gasteiger partial charge in [0.2, 0.25) is 0 Å². The number of fused-ring (bicyclic) bond motifs is 1. The van der Waals surface area contributed by atoms with E-state index in [0.29, 0.717) is 6.61 Å². The predicted molar refractivity (Wildman–Crippen MR) is 59.5 cm³/mol. The van der Waals surface area contributed by atoms with Gasteiger partial charge in [-0.25, -0.2) is 0 Å². The summed E-state index contributed by atoms with van der Waals surface area (Å²) in [5.41, 5.74) is 1.20. The lowest BCUT2D eigenvalue weighted by atomic mass is 10.2. The lowest BCUT2D eigenvalue weighted by Crippen LogP contribution is -2.29. The topological polar surface area (TPSA) is 18.5 Å². The predicted octanol–water partition coefficient (Wildman–Crippen LogP) is 2.92. The van der Waals surface area contributed by atoms with Crippen LogP contribution in [-0.2, 0) is 0 Å². The molecule has 1 aromatic carbocycles. The summed E-state index contributed by atoms with van der Waals surface area (Å²) in [6.45, 7) is 2.71. The van der Waals surface area contributed by atoms with Crippen molar-refractivity contribution in [3.63, 3.8) is 0 Å². The van der Waals surface area contributed by atoms with Crippen molar-refractivity contribution in [3.8, 4) is 11.5 Å². The van der Waals surface area contributed by atoms with Gasteiger partial charge in [-0.15, -0.1) is 0 Å². The van der Waals surface area contributed by atoms with Gasteiger partial charge in [0.15, 0.2) is 11.5 Å². The van der Waals surface area contributed by atoms with E-state index in [1.165, 1.54) is 5.56 Å². The molecule has 0 saturated carbocycles. The first-order valence-corrected chi connectivity index (χ1v) is 5.88. The van der Waals surface area contributed by atoms with Crippen LogP contribution >= 0.6 is 15.9 Å². The zero-order chi connectivity index (χ0) is 9.97. The molecule has 0 aliphatic carbocycles. The van der Waals surface area contributed by atoms with Gasteiger partial charge in [-0.05, 0) is 31.0 Å². The zero-order valence-electron chi connectivity index (χ0n) is 8.13. The summed E-state index contributed by atoms with van der Waals surface area (Å²) < 4.78 is 11.4. The average Bonchev–Trinajstić information content (AvgIpc) is 2.17. The van der Waals surface area contributed by atoms with Gasteiger partial charge in [-0.1, -0.05) is 22.0 Å². The molecule has 1 aliphatic rings. The summed E-state index contributed by atoms with van der Waals surface area (Å²) in [4.78, 5) is 0. The smallest absolute Gasteiger partial charge is 0.162 e. The molecule has 0 saturated heterocycles. The molecule has 0 fully saturated rings. The summed E-state index contributed by atoms with van der Waals surface area (Å²) in [6, 6.07) is 6.03. The van der Waals surface area contributed by atoms with Gasteiger partial charge >= 0.3 is 0 Å². The standard InChI is InChI=1S/C11H13BrO2/c1-8-2-3-10-11(6-8)14-9(4-5-12)7-13-10/h2-3,6,9H,4-5,7H2,1H3/t9-/m1/s1. The van der Waals surface area contributed by atoms with Crippen molar-refractivity contribution in [1.29, 1.82) is 0 Å². The third-order valence-electron chi connectivity index (χ3n) is 2.25. The number of aryl methyl sites for hydroxylation is 1. The van der Waals surface area contributed by atoms with E-state index in [0.717, 1.165) is 23.2 Å². The van der Waals surface area contributed by atoms with Crippen LogP contribution in [-0.4, -0.2) is 18.0 Å². The van der Waals surface area contributed by atoms with Crippen LogP contribution in [0.3, 0.4) is 0 Å². The molecular weight excluding hydrogens is 244 g/mol. The molecule has 1 heterocycles. The van der Waals surface area contributed by atoms with Gasteiger partial charge in [0.1, 0.15) is 12.7 Å².